The summed E-state index contributed by atoms with van der Waals surface area (Å²) in [6, 6.07) is 16.3. The van der Waals surface area contributed by atoms with Crippen LogP contribution in [0.3, 0.4) is 0 Å². The Morgan fingerprint density at radius 3 is 2.50 bits per heavy atom. The first-order valence-corrected chi connectivity index (χ1v) is 6.92. The van der Waals surface area contributed by atoms with Gasteiger partial charge >= 0.3 is 5.97 Å². The Labute approximate surface area is 128 Å². The van der Waals surface area contributed by atoms with Crippen molar-refractivity contribution >= 4 is 11.9 Å². The predicted molar refractivity (Wildman–Crippen MR) is 79.1 cm³/mol. The van der Waals surface area contributed by atoms with E-state index in [1.807, 2.05) is 24.3 Å². The van der Waals surface area contributed by atoms with Crippen molar-refractivity contribution in [3.63, 3.8) is 0 Å². The Morgan fingerprint density at radius 2 is 1.77 bits per heavy atom. The average Bonchev–Trinajstić information content (AvgIpc) is 2.79. The van der Waals surface area contributed by atoms with E-state index in [0.717, 1.165) is 0 Å². The van der Waals surface area contributed by atoms with Gasteiger partial charge in [0.2, 0.25) is 6.23 Å². The molecule has 0 saturated carbocycles. The zero-order valence-electron chi connectivity index (χ0n) is 12.1. The summed E-state index contributed by atoms with van der Waals surface area (Å²) in [7, 11) is 0. The van der Waals surface area contributed by atoms with Crippen molar-refractivity contribution in [2.45, 2.75) is 13.2 Å². The van der Waals surface area contributed by atoms with Gasteiger partial charge in [0.25, 0.3) is 5.91 Å². The molecule has 1 heterocycles. The smallest absolute Gasteiger partial charge is 0.304 e. The highest BCUT2D eigenvalue weighted by Gasteiger charge is 2.38. The third kappa shape index (κ3) is 2.65. The van der Waals surface area contributed by atoms with Gasteiger partial charge in [0.05, 0.1) is 0 Å². The number of fused-ring (bicyclic) bond motifs is 1. The summed E-state index contributed by atoms with van der Waals surface area (Å²) in [5.41, 5.74) is 1.21. The number of nitrogens with zero attached hydrogens (tertiary/aromatic N) is 1. The summed E-state index contributed by atoms with van der Waals surface area (Å²) in [5.74, 6) is -0.00942. The average molecular weight is 297 g/mol. The van der Waals surface area contributed by atoms with Gasteiger partial charge in [-0.2, -0.15) is 0 Å². The second-order valence-corrected chi connectivity index (χ2v) is 4.91. The van der Waals surface area contributed by atoms with Gasteiger partial charge in [-0.25, -0.2) is 0 Å². The van der Waals surface area contributed by atoms with Crippen LogP contribution in [0.4, 0.5) is 0 Å². The van der Waals surface area contributed by atoms with Gasteiger partial charge in [0.1, 0.15) is 5.75 Å². The van der Waals surface area contributed by atoms with Crippen LogP contribution in [0.2, 0.25) is 0 Å². The molecule has 0 radical (unpaired) electrons. The van der Waals surface area contributed by atoms with Crippen LogP contribution in [-0.4, -0.2) is 23.5 Å². The molecule has 2 aromatic rings. The standard InChI is InChI=1S/C17H15NO4/c1-12(19)22-17-15-10-6-5-9-14(15)16(20)18(17)11-21-13-7-3-2-4-8-13/h2-10,17H,11H2,1H3. The summed E-state index contributed by atoms with van der Waals surface area (Å²) in [5, 5.41) is 0. The maximum absolute atomic E-state index is 12.5. The summed E-state index contributed by atoms with van der Waals surface area (Å²) in [4.78, 5) is 25.2. The largest absolute Gasteiger partial charge is 0.473 e. The lowest BCUT2D eigenvalue weighted by molar-refractivity contribution is -0.155. The highest BCUT2D eigenvalue weighted by molar-refractivity contribution is 5.99. The van der Waals surface area contributed by atoms with Crippen molar-refractivity contribution in [2.24, 2.45) is 0 Å². The lowest BCUT2D eigenvalue weighted by Gasteiger charge is -2.24. The first-order chi connectivity index (χ1) is 10.7. The van der Waals surface area contributed by atoms with Gasteiger partial charge in [0.15, 0.2) is 6.73 Å². The molecule has 22 heavy (non-hydrogen) atoms. The molecule has 0 saturated heterocycles. The van der Waals surface area contributed by atoms with E-state index in [4.69, 9.17) is 9.47 Å². The molecule has 1 atom stereocenters. The highest BCUT2D eigenvalue weighted by Crippen LogP contribution is 2.34. The van der Waals surface area contributed by atoms with Crippen molar-refractivity contribution in [3.05, 3.63) is 65.7 Å². The second-order valence-electron chi connectivity index (χ2n) is 4.91. The number of amides is 1. The summed E-state index contributed by atoms with van der Waals surface area (Å²) < 4.78 is 10.9. The fourth-order valence-corrected chi connectivity index (χ4v) is 2.41. The van der Waals surface area contributed by atoms with Crippen LogP contribution < -0.4 is 4.74 Å². The highest BCUT2D eigenvalue weighted by atomic mass is 16.6. The van der Waals surface area contributed by atoms with Crippen molar-refractivity contribution in [1.29, 1.82) is 0 Å². The summed E-state index contributed by atoms with van der Waals surface area (Å²) in [6.07, 6.45) is -0.745. The van der Waals surface area contributed by atoms with E-state index in [1.165, 1.54) is 11.8 Å². The number of carbonyl (C=O) groups is 2. The summed E-state index contributed by atoms with van der Waals surface area (Å²) >= 11 is 0. The Balaban J connectivity index is 1.83. The first-order valence-electron chi connectivity index (χ1n) is 6.92. The minimum atomic E-state index is -0.745. The minimum absolute atomic E-state index is 0.00940. The first kappa shape index (κ1) is 14.1. The van der Waals surface area contributed by atoms with E-state index in [-0.39, 0.29) is 12.6 Å². The predicted octanol–water partition coefficient (Wildman–Crippen LogP) is 2.74. The molecular formula is C17H15NO4. The number of ether oxygens (including phenoxy) is 2. The third-order valence-electron chi connectivity index (χ3n) is 3.39. The maximum Gasteiger partial charge on any atom is 0.304 e. The molecule has 3 rings (SSSR count). The molecule has 0 bridgehead atoms. The third-order valence-corrected chi connectivity index (χ3v) is 3.39. The zero-order chi connectivity index (χ0) is 15.5. The molecule has 0 aromatic heterocycles. The monoisotopic (exact) mass is 297 g/mol. The Bertz CT molecular complexity index is 699. The van der Waals surface area contributed by atoms with E-state index >= 15 is 0 Å². The van der Waals surface area contributed by atoms with Gasteiger partial charge < -0.3 is 9.47 Å². The van der Waals surface area contributed by atoms with Crippen LogP contribution in [0.15, 0.2) is 54.6 Å². The molecule has 1 aliphatic rings. The number of para-hydroxylation sites is 1. The van der Waals surface area contributed by atoms with Crippen LogP contribution >= 0.6 is 0 Å². The Morgan fingerprint density at radius 1 is 1.09 bits per heavy atom. The van der Waals surface area contributed by atoms with Gasteiger partial charge in [-0.05, 0) is 18.2 Å². The quantitative estimate of drug-likeness (QED) is 0.814. The SMILES string of the molecule is CC(=O)OC1c2ccccc2C(=O)N1COc1ccccc1. The fourth-order valence-electron chi connectivity index (χ4n) is 2.41. The van der Waals surface area contributed by atoms with Crippen molar-refractivity contribution in [3.8, 4) is 5.75 Å². The van der Waals surface area contributed by atoms with Crippen molar-refractivity contribution < 1.29 is 19.1 Å². The molecule has 0 fully saturated rings. The molecule has 112 valence electrons. The summed E-state index contributed by atoms with van der Waals surface area (Å²) in [6.45, 7) is 1.33. The van der Waals surface area contributed by atoms with Crippen molar-refractivity contribution in [1.82, 2.24) is 4.90 Å². The van der Waals surface area contributed by atoms with Gasteiger partial charge in [-0.1, -0.05) is 36.4 Å². The normalized spacial score (nSPS) is 16.3. The number of carbonyl (C=O) groups excluding carboxylic acids is 2. The van der Waals surface area contributed by atoms with Gasteiger partial charge in [-0.15, -0.1) is 0 Å². The lowest BCUT2D eigenvalue weighted by Crippen LogP contribution is -2.34. The molecule has 1 aliphatic heterocycles. The van der Waals surface area contributed by atoms with Crippen LogP contribution in [0.1, 0.15) is 29.1 Å². The van der Waals surface area contributed by atoms with Crippen molar-refractivity contribution in [2.75, 3.05) is 6.73 Å². The molecule has 1 amide bonds. The maximum atomic E-state index is 12.5. The van der Waals surface area contributed by atoms with E-state index in [0.29, 0.717) is 16.9 Å². The van der Waals surface area contributed by atoms with E-state index < -0.39 is 12.2 Å². The number of hydrogen-bond donors (Lipinski definition) is 0. The molecular weight excluding hydrogens is 282 g/mol. The van der Waals surface area contributed by atoms with Gasteiger partial charge in [0, 0.05) is 18.1 Å². The zero-order valence-corrected chi connectivity index (χ0v) is 12.1. The number of esters is 1. The van der Waals surface area contributed by atoms with Crippen LogP contribution in [0.25, 0.3) is 0 Å². The second kappa shape index (κ2) is 5.89. The molecule has 1 unspecified atom stereocenters. The number of rotatable bonds is 4. The van der Waals surface area contributed by atoms with Crippen LogP contribution in [0, 0.1) is 0 Å². The molecule has 0 aliphatic carbocycles. The molecule has 0 spiro atoms. The molecule has 5 heteroatoms. The Hall–Kier alpha value is -2.82. The van der Waals surface area contributed by atoms with Crippen LogP contribution in [-0.2, 0) is 9.53 Å². The fraction of sp³-hybridized carbons (Fsp3) is 0.176. The minimum Gasteiger partial charge on any atom is -0.473 e. The van der Waals surface area contributed by atoms with E-state index in [1.54, 1.807) is 30.3 Å². The topological polar surface area (TPSA) is 55.8 Å². The van der Waals surface area contributed by atoms with Crippen LogP contribution in [0.5, 0.6) is 5.75 Å². The molecule has 0 N–H and O–H groups in total. The Kier molecular flexibility index (Phi) is 3.78. The number of hydrogen-bond acceptors (Lipinski definition) is 4. The number of benzene rings is 2. The van der Waals surface area contributed by atoms with Gasteiger partial charge in [-0.3, -0.25) is 14.5 Å². The molecule has 2 aromatic carbocycles. The lowest BCUT2D eigenvalue weighted by atomic mass is 10.1. The van der Waals surface area contributed by atoms with E-state index in [9.17, 15) is 9.59 Å². The molecule has 5 nitrogen and oxygen atoms in total. The van der Waals surface area contributed by atoms with E-state index in [2.05, 4.69) is 0 Å².